The maximum Gasteiger partial charge on any atom is 0.225 e. The van der Waals surface area contributed by atoms with Crippen LogP contribution in [-0.2, 0) is 0 Å². The molecule has 1 N–H and O–H groups in total. The SMILES string of the molecule is Cc1sc2nc(Cl)nc(Nc3ccc(F)c(Cl)c3)c2c1C. The lowest BCUT2D eigenvalue weighted by Crippen LogP contribution is -1.97. The van der Waals surface area contributed by atoms with Crippen LogP contribution < -0.4 is 5.32 Å². The quantitative estimate of drug-likeness (QED) is 0.625. The fourth-order valence-electron chi connectivity index (χ4n) is 2.02. The van der Waals surface area contributed by atoms with Gasteiger partial charge in [0.2, 0.25) is 5.28 Å². The third kappa shape index (κ3) is 2.69. The van der Waals surface area contributed by atoms with Gasteiger partial charge in [0.05, 0.1) is 10.4 Å². The van der Waals surface area contributed by atoms with Crippen molar-refractivity contribution in [2.75, 3.05) is 5.32 Å². The molecule has 2 aromatic heterocycles. The topological polar surface area (TPSA) is 37.8 Å². The molecule has 7 heteroatoms. The number of nitrogens with one attached hydrogen (secondary N) is 1. The molecule has 3 nitrogen and oxygen atoms in total. The maximum absolute atomic E-state index is 13.2. The summed E-state index contributed by atoms with van der Waals surface area (Å²) < 4.78 is 13.2. The molecular weight excluding hydrogens is 332 g/mol. The summed E-state index contributed by atoms with van der Waals surface area (Å²) >= 11 is 13.3. The number of anilines is 2. The van der Waals surface area contributed by atoms with E-state index in [0.717, 1.165) is 20.7 Å². The number of rotatable bonds is 2. The average Bonchev–Trinajstić information content (AvgIpc) is 2.69. The van der Waals surface area contributed by atoms with Crippen molar-refractivity contribution in [3.8, 4) is 0 Å². The van der Waals surface area contributed by atoms with E-state index >= 15 is 0 Å². The van der Waals surface area contributed by atoms with E-state index < -0.39 is 5.82 Å². The van der Waals surface area contributed by atoms with Crippen molar-refractivity contribution in [1.29, 1.82) is 0 Å². The number of aromatic nitrogens is 2. The van der Waals surface area contributed by atoms with Gasteiger partial charge in [-0.05, 0) is 49.2 Å². The van der Waals surface area contributed by atoms with Crippen LogP contribution in [-0.4, -0.2) is 9.97 Å². The van der Waals surface area contributed by atoms with E-state index in [2.05, 4.69) is 15.3 Å². The summed E-state index contributed by atoms with van der Waals surface area (Å²) in [5, 5.41) is 4.27. The molecule has 108 valence electrons. The Morgan fingerprint density at radius 1 is 1.19 bits per heavy atom. The molecule has 1 aromatic carbocycles. The average molecular weight is 342 g/mol. The van der Waals surface area contributed by atoms with Gasteiger partial charge in [-0.25, -0.2) is 9.37 Å². The second-order valence-corrected chi connectivity index (χ2v) is 6.51. The summed E-state index contributed by atoms with van der Waals surface area (Å²) in [6, 6.07) is 4.40. The van der Waals surface area contributed by atoms with Crippen molar-refractivity contribution in [3.63, 3.8) is 0 Å². The molecule has 0 aliphatic carbocycles. The second-order valence-electron chi connectivity index (χ2n) is 4.56. The molecule has 0 saturated carbocycles. The summed E-state index contributed by atoms with van der Waals surface area (Å²) in [5.74, 6) is 0.130. The number of thiophene rings is 1. The number of nitrogens with zero attached hydrogens (tertiary/aromatic N) is 2. The van der Waals surface area contributed by atoms with Crippen LogP contribution in [0.5, 0.6) is 0 Å². The molecule has 0 spiro atoms. The molecule has 0 aliphatic rings. The van der Waals surface area contributed by atoms with E-state index in [1.54, 1.807) is 17.4 Å². The lowest BCUT2D eigenvalue weighted by Gasteiger charge is -2.08. The zero-order valence-corrected chi connectivity index (χ0v) is 13.5. The van der Waals surface area contributed by atoms with Crippen molar-refractivity contribution in [2.45, 2.75) is 13.8 Å². The zero-order chi connectivity index (χ0) is 15.1. The van der Waals surface area contributed by atoms with Gasteiger partial charge in [0.25, 0.3) is 0 Å². The van der Waals surface area contributed by atoms with Crippen molar-refractivity contribution >= 4 is 56.3 Å². The van der Waals surface area contributed by atoms with Gasteiger partial charge in [0, 0.05) is 10.6 Å². The molecule has 2 heterocycles. The van der Waals surface area contributed by atoms with Crippen LogP contribution in [0.4, 0.5) is 15.9 Å². The lowest BCUT2D eigenvalue weighted by molar-refractivity contribution is 0.628. The molecule has 21 heavy (non-hydrogen) atoms. The van der Waals surface area contributed by atoms with Crippen LogP contribution in [0.2, 0.25) is 10.3 Å². The number of aryl methyl sites for hydroxylation is 2. The first-order valence-corrected chi connectivity index (χ1v) is 7.68. The molecular formula is C14H10Cl2FN3S. The fourth-order valence-corrected chi connectivity index (χ4v) is 3.45. The molecule has 0 atom stereocenters. The van der Waals surface area contributed by atoms with Crippen LogP contribution >= 0.6 is 34.5 Å². The Labute approximate surface area is 134 Å². The molecule has 0 aliphatic heterocycles. The molecule has 0 bridgehead atoms. The van der Waals surface area contributed by atoms with E-state index in [9.17, 15) is 4.39 Å². The van der Waals surface area contributed by atoms with Crippen molar-refractivity contribution in [2.24, 2.45) is 0 Å². The van der Waals surface area contributed by atoms with E-state index in [1.165, 1.54) is 12.1 Å². The summed E-state index contributed by atoms with van der Waals surface area (Å²) in [4.78, 5) is 10.4. The Hall–Kier alpha value is -1.43. The van der Waals surface area contributed by atoms with Crippen LogP contribution in [0.15, 0.2) is 18.2 Å². The Morgan fingerprint density at radius 3 is 2.67 bits per heavy atom. The second kappa shape index (κ2) is 5.40. The Kier molecular flexibility index (Phi) is 3.73. The highest BCUT2D eigenvalue weighted by Gasteiger charge is 2.14. The van der Waals surface area contributed by atoms with Crippen LogP contribution in [0.3, 0.4) is 0 Å². The number of fused-ring (bicyclic) bond motifs is 1. The normalized spacial score (nSPS) is 11.1. The van der Waals surface area contributed by atoms with Gasteiger partial charge >= 0.3 is 0 Å². The van der Waals surface area contributed by atoms with E-state index in [1.807, 2.05) is 13.8 Å². The number of hydrogen-bond acceptors (Lipinski definition) is 4. The minimum Gasteiger partial charge on any atom is -0.339 e. The van der Waals surface area contributed by atoms with E-state index in [4.69, 9.17) is 23.2 Å². The minimum atomic E-state index is -0.462. The highest BCUT2D eigenvalue weighted by atomic mass is 35.5. The zero-order valence-electron chi connectivity index (χ0n) is 11.2. The van der Waals surface area contributed by atoms with Gasteiger partial charge in [-0.1, -0.05) is 11.6 Å². The van der Waals surface area contributed by atoms with Crippen LogP contribution in [0.25, 0.3) is 10.2 Å². The van der Waals surface area contributed by atoms with Crippen molar-refractivity contribution in [1.82, 2.24) is 9.97 Å². The largest absolute Gasteiger partial charge is 0.339 e. The van der Waals surface area contributed by atoms with Gasteiger partial charge < -0.3 is 5.32 Å². The Bertz CT molecular complexity index is 848. The summed E-state index contributed by atoms with van der Waals surface area (Å²) in [6.45, 7) is 4.03. The third-order valence-electron chi connectivity index (χ3n) is 3.18. The van der Waals surface area contributed by atoms with Crippen LogP contribution in [0, 0.1) is 19.7 Å². The molecule has 0 fully saturated rings. The van der Waals surface area contributed by atoms with Gasteiger partial charge in [-0.3, -0.25) is 0 Å². The van der Waals surface area contributed by atoms with Crippen molar-refractivity contribution < 1.29 is 4.39 Å². The predicted molar refractivity (Wildman–Crippen MR) is 86.6 cm³/mol. The van der Waals surface area contributed by atoms with Crippen molar-refractivity contribution in [3.05, 3.63) is 44.8 Å². The standard InChI is InChI=1S/C14H10Cl2FN3S/c1-6-7(2)21-13-11(6)12(19-14(16)20-13)18-8-3-4-10(17)9(15)5-8/h3-5H,1-2H3,(H,18,19,20). The van der Waals surface area contributed by atoms with Gasteiger partial charge in [-0.15, -0.1) is 11.3 Å². The van der Waals surface area contributed by atoms with E-state index in [0.29, 0.717) is 11.5 Å². The molecule has 0 saturated heterocycles. The highest BCUT2D eigenvalue weighted by Crippen LogP contribution is 2.35. The monoisotopic (exact) mass is 341 g/mol. The number of benzene rings is 1. The highest BCUT2D eigenvalue weighted by molar-refractivity contribution is 7.18. The summed E-state index contributed by atoms with van der Waals surface area (Å²) in [6.07, 6.45) is 0. The molecule has 0 unspecified atom stereocenters. The fraction of sp³-hybridized carbons (Fsp3) is 0.143. The van der Waals surface area contributed by atoms with Gasteiger partial charge in [-0.2, -0.15) is 4.98 Å². The Morgan fingerprint density at radius 2 is 1.95 bits per heavy atom. The predicted octanol–water partition coefficient (Wildman–Crippen LogP) is 5.50. The number of hydrogen-bond donors (Lipinski definition) is 1. The van der Waals surface area contributed by atoms with Gasteiger partial charge in [0.15, 0.2) is 0 Å². The molecule has 0 amide bonds. The lowest BCUT2D eigenvalue weighted by atomic mass is 10.2. The van der Waals surface area contributed by atoms with Crippen LogP contribution in [0.1, 0.15) is 10.4 Å². The summed E-state index contributed by atoms with van der Waals surface area (Å²) in [5.41, 5.74) is 1.74. The first kappa shape index (κ1) is 14.5. The van der Waals surface area contributed by atoms with E-state index in [-0.39, 0.29) is 10.3 Å². The first-order chi connectivity index (χ1) is 9.95. The Balaban J connectivity index is 2.13. The summed E-state index contributed by atoms with van der Waals surface area (Å²) in [7, 11) is 0. The molecule has 3 aromatic rings. The molecule has 3 rings (SSSR count). The third-order valence-corrected chi connectivity index (χ3v) is 4.74. The number of halogens is 3. The van der Waals surface area contributed by atoms with Gasteiger partial charge in [0.1, 0.15) is 16.5 Å². The molecule has 0 radical (unpaired) electrons. The first-order valence-electron chi connectivity index (χ1n) is 6.11. The maximum atomic E-state index is 13.2. The smallest absolute Gasteiger partial charge is 0.225 e. The minimum absolute atomic E-state index is 0.0506.